The zero-order valence-electron chi connectivity index (χ0n) is 14.4. The van der Waals surface area contributed by atoms with Crippen LogP contribution < -0.4 is 5.73 Å². The highest BCUT2D eigenvalue weighted by atomic mass is 16.5. The van der Waals surface area contributed by atoms with Crippen molar-refractivity contribution in [2.45, 2.75) is 40.5 Å². The van der Waals surface area contributed by atoms with E-state index in [0.717, 1.165) is 12.8 Å². The molecule has 0 bridgehead atoms. The number of hydrogen-bond acceptors (Lipinski definition) is 5. The molecule has 0 amide bonds. The van der Waals surface area contributed by atoms with Gasteiger partial charge in [0.1, 0.15) is 0 Å². The standard InChI is InChI=1S/C18H27NO4/c1-12(2)7-9-22-17(20)15-6-5-14(19)11-16(15)18(21)23-10-8-13(3)4/h5-6,11-13H,7-10,19H2,1-4H3. The van der Waals surface area contributed by atoms with Gasteiger partial charge < -0.3 is 15.2 Å². The van der Waals surface area contributed by atoms with Crippen LogP contribution in [0.5, 0.6) is 0 Å². The molecule has 0 fully saturated rings. The number of carbonyl (C=O) groups is 2. The molecule has 0 aromatic heterocycles. The van der Waals surface area contributed by atoms with Gasteiger partial charge in [0.05, 0.1) is 24.3 Å². The monoisotopic (exact) mass is 321 g/mol. The second kappa shape index (κ2) is 9.18. The molecule has 128 valence electrons. The fourth-order valence-electron chi connectivity index (χ4n) is 1.84. The molecule has 1 aromatic carbocycles. The van der Waals surface area contributed by atoms with Crippen molar-refractivity contribution in [3.8, 4) is 0 Å². The molecule has 0 aliphatic rings. The quantitative estimate of drug-likeness (QED) is 0.584. The zero-order valence-corrected chi connectivity index (χ0v) is 14.4. The largest absolute Gasteiger partial charge is 0.462 e. The first-order valence-corrected chi connectivity index (χ1v) is 8.05. The van der Waals surface area contributed by atoms with Crippen LogP contribution in [-0.4, -0.2) is 25.2 Å². The highest BCUT2D eigenvalue weighted by Crippen LogP contribution is 2.17. The van der Waals surface area contributed by atoms with Gasteiger partial charge in [0.15, 0.2) is 0 Å². The van der Waals surface area contributed by atoms with Crippen molar-refractivity contribution < 1.29 is 19.1 Å². The smallest absolute Gasteiger partial charge is 0.339 e. The Labute approximate surface area is 138 Å². The summed E-state index contributed by atoms with van der Waals surface area (Å²) in [6.07, 6.45) is 1.54. The Balaban J connectivity index is 2.79. The Morgan fingerprint density at radius 1 is 0.913 bits per heavy atom. The van der Waals surface area contributed by atoms with E-state index < -0.39 is 11.9 Å². The maximum atomic E-state index is 12.2. The molecule has 2 N–H and O–H groups in total. The Morgan fingerprint density at radius 3 is 1.87 bits per heavy atom. The molecule has 23 heavy (non-hydrogen) atoms. The van der Waals surface area contributed by atoms with Crippen LogP contribution in [0.1, 0.15) is 61.3 Å². The van der Waals surface area contributed by atoms with Crippen molar-refractivity contribution in [3.63, 3.8) is 0 Å². The van der Waals surface area contributed by atoms with Crippen molar-refractivity contribution in [2.75, 3.05) is 18.9 Å². The minimum Gasteiger partial charge on any atom is -0.462 e. The van der Waals surface area contributed by atoms with Gasteiger partial charge in [0, 0.05) is 5.69 Å². The van der Waals surface area contributed by atoms with Crippen molar-refractivity contribution >= 4 is 17.6 Å². The van der Waals surface area contributed by atoms with Crippen LogP contribution in [0.25, 0.3) is 0 Å². The van der Waals surface area contributed by atoms with Gasteiger partial charge in [-0.25, -0.2) is 9.59 Å². The number of anilines is 1. The van der Waals surface area contributed by atoms with E-state index in [-0.39, 0.29) is 11.1 Å². The lowest BCUT2D eigenvalue weighted by atomic mass is 10.1. The molecule has 0 aliphatic heterocycles. The SMILES string of the molecule is CC(C)CCOC(=O)c1ccc(N)cc1C(=O)OCCC(C)C. The number of esters is 2. The fraction of sp³-hybridized carbons (Fsp3) is 0.556. The van der Waals surface area contributed by atoms with Gasteiger partial charge in [-0.3, -0.25) is 0 Å². The van der Waals surface area contributed by atoms with Gasteiger partial charge in [-0.15, -0.1) is 0 Å². The predicted octanol–water partition coefficient (Wildman–Crippen LogP) is 3.67. The lowest BCUT2D eigenvalue weighted by Crippen LogP contribution is -2.16. The first-order valence-electron chi connectivity index (χ1n) is 8.05. The van der Waals surface area contributed by atoms with Crippen LogP contribution >= 0.6 is 0 Å². The summed E-state index contributed by atoms with van der Waals surface area (Å²) < 4.78 is 10.4. The van der Waals surface area contributed by atoms with E-state index in [2.05, 4.69) is 13.8 Å². The van der Waals surface area contributed by atoms with Gasteiger partial charge in [0.2, 0.25) is 0 Å². The molecular formula is C18H27NO4. The number of hydrogen-bond donors (Lipinski definition) is 1. The maximum Gasteiger partial charge on any atom is 0.339 e. The topological polar surface area (TPSA) is 78.6 Å². The van der Waals surface area contributed by atoms with E-state index in [4.69, 9.17) is 15.2 Å². The zero-order chi connectivity index (χ0) is 17.4. The third kappa shape index (κ3) is 6.72. The van der Waals surface area contributed by atoms with Crippen LogP contribution in [0.3, 0.4) is 0 Å². The molecule has 0 aliphatic carbocycles. The summed E-state index contributed by atoms with van der Waals surface area (Å²) in [5, 5.41) is 0. The molecule has 0 heterocycles. The summed E-state index contributed by atoms with van der Waals surface area (Å²) in [5.74, 6) is -0.200. The number of nitrogen functional groups attached to an aromatic ring is 1. The lowest BCUT2D eigenvalue weighted by molar-refractivity contribution is 0.0440. The van der Waals surface area contributed by atoms with Gasteiger partial charge in [0.25, 0.3) is 0 Å². The average Bonchev–Trinajstić information content (AvgIpc) is 2.46. The molecule has 0 atom stereocenters. The first-order chi connectivity index (χ1) is 10.8. The van der Waals surface area contributed by atoms with E-state index in [9.17, 15) is 9.59 Å². The van der Waals surface area contributed by atoms with E-state index in [0.29, 0.717) is 30.7 Å². The predicted molar refractivity (Wildman–Crippen MR) is 90.3 cm³/mol. The van der Waals surface area contributed by atoms with Gasteiger partial charge in [-0.2, -0.15) is 0 Å². The lowest BCUT2D eigenvalue weighted by Gasteiger charge is -2.12. The van der Waals surface area contributed by atoms with Crippen molar-refractivity contribution in [1.82, 2.24) is 0 Å². The van der Waals surface area contributed by atoms with Crippen LogP contribution in [0, 0.1) is 11.8 Å². The molecule has 0 spiro atoms. The number of rotatable bonds is 8. The van der Waals surface area contributed by atoms with Crippen LogP contribution in [0.4, 0.5) is 5.69 Å². The molecule has 0 saturated carbocycles. The van der Waals surface area contributed by atoms with Crippen LogP contribution in [-0.2, 0) is 9.47 Å². The number of benzene rings is 1. The number of nitrogens with two attached hydrogens (primary N) is 1. The molecule has 0 saturated heterocycles. The normalized spacial score (nSPS) is 10.9. The van der Waals surface area contributed by atoms with E-state index >= 15 is 0 Å². The molecule has 0 unspecified atom stereocenters. The molecule has 0 radical (unpaired) electrons. The summed E-state index contributed by atoms with van der Waals surface area (Å²) in [7, 11) is 0. The summed E-state index contributed by atoms with van der Waals surface area (Å²) >= 11 is 0. The summed E-state index contributed by atoms with van der Waals surface area (Å²) in [4.78, 5) is 24.4. The third-order valence-corrected chi connectivity index (χ3v) is 3.34. The van der Waals surface area contributed by atoms with E-state index in [1.807, 2.05) is 13.8 Å². The first kappa shape index (κ1) is 19.0. The Bertz CT molecular complexity index is 538. The Hall–Kier alpha value is -2.04. The van der Waals surface area contributed by atoms with Crippen molar-refractivity contribution in [3.05, 3.63) is 29.3 Å². The molecule has 1 rings (SSSR count). The summed E-state index contributed by atoms with van der Waals surface area (Å²) in [6, 6.07) is 4.53. The Kier molecular flexibility index (Phi) is 7.59. The molecule has 1 aromatic rings. The fourth-order valence-corrected chi connectivity index (χ4v) is 1.84. The van der Waals surface area contributed by atoms with Crippen molar-refractivity contribution in [2.24, 2.45) is 11.8 Å². The molecular weight excluding hydrogens is 294 g/mol. The van der Waals surface area contributed by atoms with Crippen molar-refractivity contribution in [1.29, 1.82) is 0 Å². The van der Waals surface area contributed by atoms with Gasteiger partial charge >= 0.3 is 11.9 Å². The average molecular weight is 321 g/mol. The highest BCUT2D eigenvalue weighted by molar-refractivity contribution is 6.03. The molecule has 5 nitrogen and oxygen atoms in total. The molecule has 5 heteroatoms. The van der Waals surface area contributed by atoms with E-state index in [1.54, 1.807) is 6.07 Å². The van der Waals surface area contributed by atoms with Gasteiger partial charge in [-0.1, -0.05) is 27.7 Å². The summed E-state index contributed by atoms with van der Waals surface area (Å²) in [6.45, 7) is 8.83. The Morgan fingerprint density at radius 2 is 1.39 bits per heavy atom. The second-order valence-corrected chi connectivity index (χ2v) is 6.44. The minimum absolute atomic E-state index is 0.156. The number of ether oxygens (including phenoxy) is 2. The maximum absolute atomic E-state index is 12.2. The second-order valence-electron chi connectivity index (χ2n) is 6.44. The number of carbonyl (C=O) groups excluding carboxylic acids is 2. The van der Waals surface area contributed by atoms with Crippen LogP contribution in [0.15, 0.2) is 18.2 Å². The van der Waals surface area contributed by atoms with Gasteiger partial charge in [-0.05, 0) is 42.9 Å². The highest BCUT2D eigenvalue weighted by Gasteiger charge is 2.20. The van der Waals surface area contributed by atoms with Crippen LogP contribution in [0.2, 0.25) is 0 Å². The third-order valence-electron chi connectivity index (χ3n) is 3.34. The summed E-state index contributed by atoms with van der Waals surface area (Å²) in [5.41, 5.74) is 6.47. The minimum atomic E-state index is -0.547. The van der Waals surface area contributed by atoms with E-state index in [1.165, 1.54) is 12.1 Å².